The van der Waals surface area contributed by atoms with Crippen LogP contribution >= 0.6 is 0 Å². The quantitative estimate of drug-likeness (QED) is 0.868. The molecule has 0 aliphatic heterocycles. The van der Waals surface area contributed by atoms with Crippen LogP contribution in [-0.4, -0.2) is 11.9 Å². The number of rotatable bonds is 3. The zero-order valence-corrected chi connectivity index (χ0v) is 12.1. The van der Waals surface area contributed by atoms with E-state index in [1.54, 1.807) is 0 Å². The smallest absolute Gasteiger partial charge is 0.237 e. The number of nitrogens with two attached hydrogens (primary N) is 1. The molecule has 0 saturated carbocycles. The van der Waals surface area contributed by atoms with Crippen LogP contribution in [0.1, 0.15) is 50.8 Å². The van der Waals surface area contributed by atoms with Gasteiger partial charge in [0.1, 0.15) is 11.5 Å². The van der Waals surface area contributed by atoms with Crippen LogP contribution in [-0.2, 0) is 4.79 Å². The van der Waals surface area contributed by atoms with E-state index < -0.39 is 6.04 Å². The molecule has 0 aromatic carbocycles. The first-order chi connectivity index (χ1) is 8.12. The van der Waals surface area contributed by atoms with Crippen LogP contribution < -0.4 is 11.1 Å². The molecule has 1 amide bonds. The predicted octanol–water partition coefficient (Wildman–Crippen LogP) is 2.45. The zero-order valence-electron chi connectivity index (χ0n) is 12.1. The number of amides is 1. The molecule has 4 heteroatoms. The maximum absolute atomic E-state index is 12.0. The van der Waals surface area contributed by atoms with Gasteiger partial charge in [0.05, 0.1) is 12.1 Å². The molecule has 1 rings (SSSR count). The molecule has 0 aliphatic carbocycles. The molecule has 0 spiro atoms. The number of aryl methyl sites for hydroxylation is 2. The van der Waals surface area contributed by atoms with Crippen molar-refractivity contribution in [3.8, 4) is 0 Å². The van der Waals surface area contributed by atoms with Crippen molar-refractivity contribution in [3.05, 3.63) is 23.2 Å². The van der Waals surface area contributed by atoms with Gasteiger partial charge in [0.2, 0.25) is 5.91 Å². The number of carbonyl (C=O) groups is 1. The highest BCUT2D eigenvalue weighted by Crippen LogP contribution is 2.22. The summed E-state index contributed by atoms with van der Waals surface area (Å²) in [6.45, 7) is 11.6. The first kappa shape index (κ1) is 14.8. The Labute approximate surface area is 109 Å². The normalized spacial score (nSPS) is 15.3. The van der Waals surface area contributed by atoms with E-state index >= 15 is 0 Å². The number of hydrogen-bond acceptors (Lipinski definition) is 3. The Balaban J connectivity index is 2.74. The Morgan fingerprint density at radius 2 is 1.94 bits per heavy atom. The van der Waals surface area contributed by atoms with Crippen LogP contribution in [0.25, 0.3) is 0 Å². The molecule has 3 N–H and O–H groups in total. The van der Waals surface area contributed by atoms with Gasteiger partial charge in [0.15, 0.2) is 0 Å². The van der Waals surface area contributed by atoms with Gasteiger partial charge in [-0.2, -0.15) is 0 Å². The summed E-state index contributed by atoms with van der Waals surface area (Å²) in [7, 11) is 0. The SMILES string of the molecule is Cc1cc(C(C)NC(=O)[C@@H](N)C(C)(C)C)c(C)o1. The van der Waals surface area contributed by atoms with Crippen molar-refractivity contribution >= 4 is 5.91 Å². The molecule has 0 fully saturated rings. The maximum Gasteiger partial charge on any atom is 0.237 e. The summed E-state index contributed by atoms with van der Waals surface area (Å²) in [6, 6.07) is 1.33. The van der Waals surface area contributed by atoms with Gasteiger partial charge in [-0.15, -0.1) is 0 Å². The van der Waals surface area contributed by atoms with Crippen LogP contribution in [0.15, 0.2) is 10.5 Å². The van der Waals surface area contributed by atoms with Gasteiger partial charge in [-0.3, -0.25) is 4.79 Å². The third-order valence-electron chi connectivity index (χ3n) is 3.12. The zero-order chi connectivity index (χ0) is 14.1. The molecule has 4 nitrogen and oxygen atoms in total. The Bertz CT molecular complexity index is 429. The summed E-state index contributed by atoms with van der Waals surface area (Å²) in [4.78, 5) is 12.0. The predicted molar refractivity (Wildman–Crippen MR) is 72.2 cm³/mol. The molecule has 0 saturated heterocycles. The van der Waals surface area contributed by atoms with Crippen LogP contribution in [0.2, 0.25) is 0 Å². The standard InChI is InChI=1S/C14H24N2O2/c1-8-7-11(10(3)18-8)9(2)16-13(17)12(15)14(4,5)6/h7,9,12H,15H2,1-6H3,(H,16,17)/t9?,12-/m1/s1. The van der Waals surface area contributed by atoms with Gasteiger partial charge < -0.3 is 15.5 Å². The monoisotopic (exact) mass is 252 g/mol. The van der Waals surface area contributed by atoms with Gasteiger partial charge in [0.25, 0.3) is 0 Å². The molecule has 1 aromatic heterocycles. The van der Waals surface area contributed by atoms with E-state index in [4.69, 9.17) is 10.2 Å². The minimum Gasteiger partial charge on any atom is -0.466 e. The Morgan fingerprint density at radius 1 is 1.39 bits per heavy atom. The lowest BCUT2D eigenvalue weighted by molar-refractivity contribution is -0.125. The lowest BCUT2D eigenvalue weighted by Crippen LogP contribution is -2.49. The number of furan rings is 1. The van der Waals surface area contributed by atoms with Gasteiger partial charge in [-0.25, -0.2) is 0 Å². The average molecular weight is 252 g/mol. The van der Waals surface area contributed by atoms with Crippen molar-refractivity contribution in [2.45, 2.75) is 53.6 Å². The molecule has 0 bridgehead atoms. The topological polar surface area (TPSA) is 68.3 Å². The van der Waals surface area contributed by atoms with Crippen molar-refractivity contribution < 1.29 is 9.21 Å². The molecule has 0 radical (unpaired) electrons. The second-order valence-corrected chi connectivity index (χ2v) is 5.94. The van der Waals surface area contributed by atoms with E-state index in [1.807, 2.05) is 47.6 Å². The summed E-state index contributed by atoms with van der Waals surface area (Å²) in [5.41, 5.74) is 6.69. The highest BCUT2D eigenvalue weighted by atomic mass is 16.3. The maximum atomic E-state index is 12.0. The molecule has 102 valence electrons. The first-order valence-electron chi connectivity index (χ1n) is 6.26. The van der Waals surface area contributed by atoms with Gasteiger partial charge in [-0.05, 0) is 32.3 Å². The van der Waals surface area contributed by atoms with Crippen molar-refractivity contribution in [3.63, 3.8) is 0 Å². The molecular formula is C14H24N2O2. The minimum atomic E-state index is -0.520. The molecule has 1 aromatic rings. The van der Waals surface area contributed by atoms with Crippen LogP contribution in [0.4, 0.5) is 0 Å². The van der Waals surface area contributed by atoms with Gasteiger partial charge in [-0.1, -0.05) is 20.8 Å². The number of nitrogens with one attached hydrogen (secondary N) is 1. The molecule has 18 heavy (non-hydrogen) atoms. The molecule has 0 aliphatic rings. The van der Waals surface area contributed by atoms with Crippen molar-refractivity contribution in [2.75, 3.05) is 0 Å². The van der Waals surface area contributed by atoms with Crippen LogP contribution in [0.5, 0.6) is 0 Å². The third kappa shape index (κ3) is 3.35. The summed E-state index contributed by atoms with van der Waals surface area (Å²) in [5, 5.41) is 2.93. The Hall–Kier alpha value is -1.29. The van der Waals surface area contributed by atoms with E-state index in [0.29, 0.717) is 0 Å². The summed E-state index contributed by atoms with van der Waals surface area (Å²) >= 11 is 0. The largest absolute Gasteiger partial charge is 0.466 e. The first-order valence-corrected chi connectivity index (χ1v) is 6.26. The lowest BCUT2D eigenvalue weighted by Gasteiger charge is -2.27. The van der Waals surface area contributed by atoms with E-state index in [1.165, 1.54) is 0 Å². The van der Waals surface area contributed by atoms with Gasteiger partial charge >= 0.3 is 0 Å². The fraction of sp³-hybridized carbons (Fsp3) is 0.643. The summed E-state index contributed by atoms with van der Waals surface area (Å²) < 4.78 is 5.46. The molecule has 2 atom stereocenters. The molecule has 1 unspecified atom stereocenters. The number of carbonyl (C=O) groups excluding carboxylic acids is 1. The minimum absolute atomic E-state index is 0.0941. The average Bonchev–Trinajstić information content (AvgIpc) is 2.55. The second-order valence-electron chi connectivity index (χ2n) is 5.94. The summed E-state index contributed by atoms with van der Waals surface area (Å²) in [5.74, 6) is 1.56. The van der Waals surface area contributed by atoms with Crippen LogP contribution in [0, 0.1) is 19.3 Å². The Morgan fingerprint density at radius 3 is 2.33 bits per heavy atom. The molecular weight excluding hydrogens is 228 g/mol. The summed E-state index contributed by atoms with van der Waals surface area (Å²) in [6.07, 6.45) is 0. The lowest BCUT2D eigenvalue weighted by atomic mass is 9.86. The van der Waals surface area contributed by atoms with Crippen molar-refractivity contribution in [2.24, 2.45) is 11.1 Å². The van der Waals surface area contributed by atoms with Gasteiger partial charge in [0, 0.05) is 5.56 Å². The highest BCUT2D eigenvalue weighted by molar-refractivity contribution is 5.82. The fourth-order valence-corrected chi connectivity index (χ4v) is 1.85. The Kier molecular flexibility index (Phi) is 4.22. The van der Waals surface area contributed by atoms with E-state index in [-0.39, 0.29) is 17.4 Å². The third-order valence-corrected chi connectivity index (χ3v) is 3.12. The van der Waals surface area contributed by atoms with E-state index in [9.17, 15) is 4.79 Å². The van der Waals surface area contributed by atoms with E-state index in [2.05, 4.69) is 5.32 Å². The van der Waals surface area contributed by atoms with Crippen LogP contribution in [0.3, 0.4) is 0 Å². The number of hydrogen-bond donors (Lipinski definition) is 2. The van der Waals surface area contributed by atoms with E-state index in [0.717, 1.165) is 17.1 Å². The van der Waals surface area contributed by atoms with Crippen molar-refractivity contribution in [1.29, 1.82) is 0 Å². The van der Waals surface area contributed by atoms with Crippen molar-refractivity contribution in [1.82, 2.24) is 5.32 Å². The fourth-order valence-electron chi connectivity index (χ4n) is 1.85. The highest BCUT2D eigenvalue weighted by Gasteiger charge is 2.28. The second kappa shape index (κ2) is 5.14. The molecule has 1 heterocycles.